The van der Waals surface area contributed by atoms with Crippen molar-refractivity contribution < 1.29 is 4.79 Å². The first-order chi connectivity index (χ1) is 10.1. The van der Waals surface area contributed by atoms with Crippen LogP contribution >= 0.6 is 0 Å². The number of aryl methyl sites for hydroxylation is 1. The van der Waals surface area contributed by atoms with E-state index in [1.165, 1.54) is 0 Å². The Labute approximate surface area is 124 Å². The minimum absolute atomic E-state index is 0.201. The average Bonchev–Trinajstić information content (AvgIpc) is 2.49. The number of rotatable bonds is 3. The zero-order valence-corrected chi connectivity index (χ0v) is 12.1. The van der Waals surface area contributed by atoms with Crippen LogP contribution in [0.25, 0.3) is 0 Å². The fourth-order valence-corrected chi connectivity index (χ4v) is 2.00. The van der Waals surface area contributed by atoms with Crippen LogP contribution in [0.3, 0.4) is 0 Å². The van der Waals surface area contributed by atoms with Gasteiger partial charge in [0.25, 0.3) is 0 Å². The second-order valence-electron chi connectivity index (χ2n) is 4.91. The summed E-state index contributed by atoms with van der Waals surface area (Å²) in [5.74, 6) is 0. The van der Waals surface area contributed by atoms with Gasteiger partial charge >= 0.3 is 6.03 Å². The predicted molar refractivity (Wildman–Crippen MR) is 82.8 cm³/mol. The number of carbonyl (C=O) groups is 1. The highest BCUT2D eigenvalue weighted by molar-refractivity contribution is 5.89. The Morgan fingerprint density at radius 3 is 2.71 bits per heavy atom. The van der Waals surface area contributed by atoms with Gasteiger partial charge in [-0.2, -0.15) is 5.26 Å². The standard InChI is InChI=1S/C17H17N3O/c1-13-6-3-4-8-15(13)12-20(2)17(21)19-16-9-5-7-14(10-16)11-18/h3-10H,12H2,1-2H3,(H,19,21). The molecule has 0 aliphatic rings. The van der Waals surface area contributed by atoms with Gasteiger partial charge in [-0.15, -0.1) is 0 Å². The Kier molecular flexibility index (Phi) is 4.57. The van der Waals surface area contributed by atoms with Crippen molar-refractivity contribution >= 4 is 11.7 Å². The third-order valence-corrected chi connectivity index (χ3v) is 3.26. The summed E-state index contributed by atoms with van der Waals surface area (Å²) in [4.78, 5) is 13.8. The van der Waals surface area contributed by atoms with Crippen molar-refractivity contribution in [2.45, 2.75) is 13.5 Å². The van der Waals surface area contributed by atoms with E-state index in [2.05, 4.69) is 11.4 Å². The molecule has 2 rings (SSSR count). The minimum Gasteiger partial charge on any atom is -0.323 e. The van der Waals surface area contributed by atoms with Crippen molar-refractivity contribution in [2.75, 3.05) is 12.4 Å². The van der Waals surface area contributed by atoms with Crippen LogP contribution in [0.1, 0.15) is 16.7 Å². The van der Waals surface area contributed by atoms with Crippen LogP contribution < -0.4 is 5.32 Å². The monoisotopic (exact) mass is 279 g/mol. The van der Waals surface area contributed by atoms with Gasteiger partial charge in [0.05, 0.1) is 11.6 Å². The third kappa shape index (κ3) is 3.83. The maximum absolute atomic E-state index is 12.2. The molecule has 0 aliphatic carbocycles. The molecule has 106 valence electrons. The first-order valence-electron chi connectivity index (χ1n) is 6.67. The second-order valence-corrected chi connectivity index (χ2v) is 4.91. The molecule has 0 aromatic heterocycles. The Balaban J connectivity index is 2.03. The van der Waals surface area contributed by atoms with Crippen LogP contribution in [-0.2, 0) is 6.54 Å². The number of carbonyl (C=O) groups excluding carboxylic acids is 1. The van der Waals surface area contributed by atoms with Crippen LogP contribution in [0, 0.1) is 18.3 Å². The van der Waals surface area contributed by atoms with Gasteiger partial charge in [0.1, 0.15) is 0 Å². The fraction of sp³-hybridized carbons (Fsp3) is 0.176. The fourth-order valence-electron chi connectivity index (χ4n) is 2.00. The summed E-state index contributed by atoms with van der Waals surface area (Å²) >= 11 is 0. The van der Waals surface area contributed by atoms with E-state index in [1.807, 2.05) is 31.2 Å². The van der Waals surface area contributed by atoms with E-state index in [4.69, 9.17) is 5.26 Å². The number of hydrogen-bond acceptors (Lipinski definition) is 2. The van der Waals surface area contributed by atoms with Crippen molar-refractivity contribution in [2.24, 2.45) is 0 Å². The van der Waals surface area contributed by atoms with Crippen molar-refractivity contribution in [1.82, 2.24) is 4.90 Å². The van der Waals surface area contributed by atoms with Crippen LogP contribution in [0.5, 0.6) is 0 Å². The molecule has 0 fully saturated rings. The van der Waals surface area contributed by atoms with E-state index < -0.39 is 0 Å². The van der Waals surface area contributed by atoms with Crippen molar-refractivity contribution in [3.63, 3.8) is 0 Å². The molecular weight excluding hydrogens is 262 g/mol. The summed E-state index contributed by atoms with van der Waals surface area (Å²) in [6, 6.07) is 16.7. The second kappa shape index (κ2) is 6.58. The highest BCUT2D eigenvalue weighted by atomic mass is 16.2. The summed E-state index contributed by atoms with van der Waals surface area (Å²) in [7, 11) is 1.75. The topological polar surface area (TPSA) is 56.1 Å². The molecular formula is C17H17N3O. The number of amides is 2. The van der Waals surface area contributed by atoms with Gasteiger partial charge in [-0.25, -0.2) is 4.79 Å². The number of hydrogen-bond donors (Lipinski definition) is 1. The van der Waals surface area contributed by atoms with Gasteiger partial charge in [-0.05, 0) is 36.2 Å². The Morgan fingerprint density at radius 2 is 2.00 bits per heavy atom. The van der Waals surface area contributed by atoms with Gasteiger partial charge < -0.3 is 10.2 Å². The number of nitriles is 1. The lowest BCUT2D eigenvalue weighted by Gasteiger charge is -2.19. The smallest absolute Gasteiger partial charge is 0.321 e. The van der Waals surface area contributed by atoms with E-state index in [0.717, 1.165) is 11.1 Å². The van der Waals surface area contributed by atoms with Gasteiger partial charge in [-0.3, -0.25) is 0 Å². The van der Waals surface area contributed by atoms with Gasteiger partial charge in [-0.1, -0.05) is 30.3 Å². The maximum Gasteiger partial charge on any atom is 0.321 e. The molecule has 0 bridgehead atoms. The van der Waals surface area contributed by atoms with E-state index in [0.29, 0.717) is 17.8 Å². The molecule has 4 nitrogen and oxygen atoms in total. The molecule has 2 amide bonds. The third-order valence-electron chi connectivity index (χ3n) is 3.26. The van der Waals surface area contributed by atoms with Crippen LogP contribution in [-0.4, -0.2) is 18.0 Å². The number of nitrogens with one attached hydrogen (secondary N) is 1. The Bertz CT molecular complexity index is 688. The van der Waals surface area contributed by atoms with Gasteiger partial charge in [0.2, 0.25) is 0 Å². The van der Waals surface area contributed by atoms with Crippen molar-refractivity contribution in [1.29, 1.82) is 5.26 Å². The molecule has 4 heteroatoms. The van der Waals surface area contributed by atoms with Gasteiger partial charge in [0.15, 0.2) is 0 Å². The predicted octanol–water partition coefficient (Wildman–Crippen LogP) is 3.53. The van der Waals surface area contributed by atoms with Crippen LogP contribution in [0.2, 0.25) is 0 Å². The summed E-state index contributed by atoms with van der Waals surface area (Å²) in [6.45, 7) is 2.56. The Hall–Kier alpha value is -2.80. The zero-order chi connectivity index (χ0) is 15.2. The molecule has 1 N–H and O–H groups in total. The molecule has 2 aromatic rings. The summed E-state index contributed by atoms with van der Waals surface area (Å²) in [5.41, 5.74) is 3.41. The number of nitrogens with zero attached hydrogens (tertiary/aromatic N) is 2. The lowest BCUT2D eigenvalue weighted by Crippen LogP contribution is -2.31. The molecule has 0 saturated carbocycles. The van der Waals surface area contributed by atoms with E-state index in [1.54, 1.807) is 36.2 Å². The van der Waals surface area contributed by atoms with Crippen molar-refractivity contribution in [3.8, 4) is 6.07 Å². The first-order valence-corrected chi connectivity index (χ1v) is 6.67. The van der Waals surface area contributed by atoms with E-state index in [-0.39, 0.29) is 6.03 Å². The maximum atomic E-state index is 12.2. The lowest BCUT2D eigenvalue weighted by atomic mass is 10.1. The number of urea groups is 1. The summed E-state index contributed by atoms with van der Waals surface area (Å²) < 4.78 is 0. The van der Waals surface area contributed by atoms with Crippen LogP contribution in [0.4, 0.5) is 10.5 Å². The van der Waals surface area contributed by atoms with E-state index in [9.17, 15) is 4.79 Å². The van der Waals surface area contributed by atoms with E-state index >= 15 is 0 Å². The highest BCUT2D eigenvalue weighted by Gasteiger charge is 2.10. The molecule has 0 atom stereocenters. The number of benzene rings is 2. The quantitative estimate of drug-likeness (QED) is 0.934. The minimum atomic E-state index is -0.201. The number of anilines is 1. The molecule has 0 spiro atoms. The molecule has 2 aromatic carbocycles. The summed E-state index contributed by atoms with van der Waals surface area (Å²) in [6.07, 6.45) is 0. The highest BCUT2D eigenvalue weighted by Crippen LogP contribution is 2.13. The Morgan fingerprint density at radius 1 is 1.24 bits per heavy atom. The SMILES string of the molecule is Cc1ccccc1CN(C)C(=O)Nc1cccc(C#N)c1. The average molecular weight is 279 g/mol. The van der Waals surface area contributed by atoms with Crippen molar-refractivity contribution in [3.05, 3.63) is 65.2 Å². The zero-order valence-electron chi connectivity index (χ0n) is 12.1. The molecule has 0 aliphatic heterocycles. The molecule has 0 radical (unpaired) electrons. The lowest BCUT2D eigenvalue weighted by molar-refractivity contribution is 0.220. The van der Waals surface area contributed by atoms with Crippen LogP contribution in [0.15, 0.2) is 48.5 Å². The largest absolute Gasteiger partial charge is 0.323 e. The molecule has 21 heavy (non-hydrogen) atoms. The summed E-state index contributed by atoms with van der Waals surface area (Å²) in [5, 5.41) is 11.6. The first kappa shape index (κ1) is 14.6. The normalized spacial score (nSPS) is 9.76. The molecule has 0 unspecified atom stereocenters. The molecule has 0 heterocycles. The molecule has 0 saturated heterocycles. The van der Waals surface area contributed by atoms with Gasteiger partial charge in [0, 0.05) is 19.3 Å².